The molecular weight excluding hydrogens is 239 g/mol. The van der Waals surface area contributed by atoms with Crippen LogP contribution in [0.1, 0.15) is 11.3 Å². The number of nitrogens with one attached hydrogen (secondary N) is 1. The monoisotopic (exact) mass is 254 g/mol. The first-order chi connectivity index (χ1) is 9.20. The molecule has 3 heteroatoms. The van der Waals surface area contributed by atoms with Gasteiger partial charge in [0.2, 0.25) is 0 Å². The molecule has 2 aromatic carbocycles. The zero-order chi connectivity index (χ0) is 13.4. The number of aromatic amines is 1. The first-order valence-electron chi connectivity index (χ1n) is 6.27. The fourth-order valence-electron chi connectivity index (χ4n) is 2.49. The minimum absolute atomic E-state index is 0.223. The van der Waals surface area contributed by atoms with Gasteiger partial charge in [-0.2, -0.15) is 0 Å². The largest absolute Gasteiger partial charge is 0.357 e. The van der Waals surface area contributed by atoms with E-state index in [1.165, 1.54) is 6.07 Å². The maximum atomic E-state index is 14.0. The quantitative estimate of drug-likeness (QED) is 0.718. The van der Waals surface area contributed by atoms with Crippen LogP contribution in [0.25, 0.3) is 22.0 Å². The van der Waals surface area contributed by atoms with Crippen molar-refractivity contribution in [2.24, 2.45) is 5.73 Å². The molecule has 0 amide bonds. The Morgan fingerprint density at radius 2 is 1.95 bits per heavy atom. The lowest BCUT2D eigenvalue weighted by atomic mass is 10.0. The lowest BCUT2D eigenvalue weighted by molar-refractivity contribution is 0.631. The topological polar surface area (TPSA) is 41.8 Å². The van der Waals surface area contributed by atoms with Crippen LogP contribution in [0.5, 0.6) is 0 Å². The number of hydrogen-bond acceptors (Lipinski definition) is 1. The fraction of sp³-hybridized carbons (Fsp3) is 0.125. The predicted molar refractivity (Wildman–Crippen MR) is 76.3 cm³/mol. The van der Waals surface area contributed by atoms with Gasteiger partial charge in [-0.25, -0.2) is 4.39 Å². The molecule has 3 rings (SSSR count). The highest BCUT2D eigenvalue weighted by Gasteiger charge is 2.15. The van der Waals surface area contributed by atoms with Crippen molar-refractivity contribution in [3.05, 3.63) is 59.5 Å². The van der Waals surface area contributed by atoms with Gasteiger partial charge in [-0.1, -0.05) is 29.8 Å². The van der Waals surface area contributed by atoms with E-state index in [0.29, 0.717) is 12.1 Å². The fourth-order valence-corrected chi connectivity index (χ4v) is 2.49. The summed E-state index contributed by atoms with van der Waals surface area (Å²) in [6, 6.07) is 12.9. The number of aromatic nitrogens is 1. The second kappa shape index (κ2) is 4.52. The standard InChI is InChI=1S/C16H15FN2/c1-10-6-7-14-12(8-10)16(15(9-18)19-14)11-4-2-3-5-13(11)17/h2-8,19H,9,18H2,1H3. The summed E-state index contributed by atoms with van der Waals surface area (Å²) in [6.07, 6.45) is 0. The van der Waals surface area contributed by atoms with Crippen molar-refractivity contribution in [3.8, 4) is 11.1 Å². The molecule has 1 aromatic heterocycles. The normalized spacial score (nSPS) is 11.1. The van der Waals surface area contributed by atoms with Crippen molar-refractivity contribution in [2.45, 2.75) is 13.5 Å². The minimum Gasteiger partial charge on any atom is -0.357 e. The van der Waals surface area contributed by atoms with Crippen LogP contribution in [0.4, 0.5) is 4.39 Å². The molecule has 0 saturated carbocycles. The molecule has 0 aliphatic heterocycles. The smallest absolute Gasteiger partial charge is 0.131 e. The molecule has 0 bridgehead atoms. The number of halogens is 1. The molecule has 0 atom stereocenters. The molecule has 0 unspecified atom stereocenters. The van der Waals surface area contributed by atoms with E-state index in [1.807, 2.05) is 25.1 Å². The average Bonchev–Trinajstić information content (AvgIpc) is 2.77. The van der Waals surface area contributed by atoms with Gasteiger partial charge in [0.1, 0.15) is 5.82 Å². The molecule has 0 radical (unpaired) electrons. The number of H-pyrrole nitrogens is 1. The summed E-state index contributed by atoms with van der Waals surface area (Å²) in [4.78, 5) is 3.28. The lowest BCUT2D eigenvalue weighted by Gasteiger charge is -2.05. The van der Waals surface area contributed by atoms with Crippen LogP contribution in [0, 0.1) is 12.7 Å². The van der Waals surface area contributed by atoms with Gasteiger partial charge in [-0.15, -0.1) is 0 Å². The van der Waals surface area contributed by atoms with Gasteiger partial charge in [0, 0.05) is 34.3 Å². The van der Waals surface area contributed by atoms with Gasteiger partial charge >= 0.3 is 0 Å². The molecule has 19 heavy (non-hydrogen) atoms. The zero-order valence-electron chi connectivity index (χ0n) is 10.7. The highest BCUT2D eigenvalue weighted by atomic mass is 19.1. The third kappa shape index (κ3) is 1.92. The Kier molecular flexibility index (Phi) is 2.84. The third-order valence-electron chi connectivity index (χ3n) is 3.38. The Hall–Kier alpha value is -2.13. The van der Waals surface area contributed by atoms with Crippen molar-refractivity contribution >= 4 is 10.9 Å². The molecule has 3 N–H and O–H groups in total. The molecule has 0 aliphatic rings. The van der Waals surface area contributed by atoms with Crippen LogP contribution in [-0.2, 0) is 6.54 Å². The molecule has 96 valence electrons. The first-order valence-corrected chi connectivity index (χ1v) is 6.27. The van der Waals surface area contributed by atoms with Crippen molar-refractivity contribution in [1.29, 1.82) is 0 Å². The van der Waals surface area contributed by atoms with Crippen LogP contribution >= 0.6 is 0 Å². The van der Waals surface area contributed by atoms with Crippen molar-refractivity contribution in [2.75, 3.05) is 0 Å². The van der Waals surface area contributed by atoms with Gasteiger partial charge in [-0.3, -0.25) is 0 Å². The van der Waals surface area contributed by atoms with Gasteiger partial charge in [0.25, 0.3) is 0 Å². The Morgan fingerprint density at radius 1 is 1.16 bits per heavy atom. The highest BCUT2D eigenvalue weighted by molar-refractivity contribution is 5.98. The van der Waals surface area contributed by atoms with Crippen molar-refractivity contribution in [3.63, 3.8) is 0 Å². The molecule has 1 heterocycles. The predicted octanol–water partition coefficient (Wildman–Crippen LogP) is 3.74. The van der Waals surface area contributed by atoms with Crippen molar-refractivity contribution in [1.82, 2.24) is 4.98 Å². The van der Waals surface area contributed by atoms with Crippen LogP contribution in [-0.4, -0.2) is 4.98 Å². The van der Waals surface area contributed by atoms with Crippen molar-refractivity contribution < 1.29 is 4.39 Å². The van der Waals surface area contributed by atoms with E-state index < -0.39 is 0 Å². The number of rotatable bonds is 2. The summed E-state index contributed by atoms with van der Waals surface area (Å²) in [7, 11) is 0. The number of nitrogens with two attached hydrogens (primary N) is 1. The van der Waals surface area contributed by atoms with Crippen LogP contribution in [0.3, 0.4) is 0 Å². The van der Waals surface area contributed by atoms with E-state index >= 15 is 0 Å². The molecule has 0 saturated heterocycles. The van der Waals surface area contributed by atoms with E-state index in [9.17, 15) is 4.39 Å². The highest BCUT2D eigenvalue weighted by Crippen LogP contribution is 2.34. The van der Waals surface area contributed by atoms with Gasteiger partial charge < -0.3 is 10.7 Å². The summed E-state index contributed by atoms with van der Waals surface area (Å²) in [5, 5.41) is 1.02. The summed E-state index contributed by atoms with van der Waals surface area (Å²) < 4.78 is 14.0. The number of hydrogen-bond donors (Lipinski definition) is 2. The second-order valence-corrected chi connectivity index (χ2v) is 4.71. The molecule has 0 spiro atoms. The van der Waals surface area contributed by atoms with Gasteiger partial charge in [-0.05, 0) is 25.1 Å². The van der Waals surface area contributed by atoms with E-state index in [2.05, 4.69) is 11.1 Å². The third-order valence-corrected chi connectivity index (χ3v) is 3.38. The number of aryl methyl sites for hydroxylation is 1. The molecule has 2 nitrogen and oxygen atoms in total. The van der Waals surface area contributed by atoms with Crippen LogP contribution < -0.4 is 5.73 Å². The molecule has 0 aliphatic carbocycles. The summed E-state index contributed by atoms with van der Waals surface area (Å²) in [5.74, 6) is -0.223. The maximum Gasteiger partial charge on any atom is 0.131 e. The van der Waals surface area contributed by atoms with E-state index in [1.54, 1.807) is 12.1 Å². The number of fused-ring (bicyclic) bond motifs is 1. The summed E-state index contributed by atoms with van der Waals surface area (Å²) in [5.41, 5.74) is 10.3. The minimum atomic E-state index is -0.223. The Morgan fingerprint density at radius 3 is 2.68 bits per heavy atom. The summed E-state index contributed by atoms with van der Waals surface area (Å²) >= 11 is 0. The number of benzene rings is 2. The second-order valence-electron chi connectivity index (χ2n) is 4.71. The maximum absolute atomic E-state index is 14.0. The SMILES string of the molecule is Cc1ccc2[nH]c(CN)c(-c3ccccc3F)c2c1. The van der Waals surface area contributed by atoms with Gasteiger partial charge in [0.15, 0.2) is 0 Å². The molecule has 0 fully saturated rings. The Labute approximate surface area is 111 Å². The first kappa shape index (κ1) is 11.9. The molecule has 3 aromatic rings. The van der Waals surface area contributed by atoms with E-state index in [4.69, 9.17) is 5.73 Å². The Balaban J connectivity index is 2.38. The average molecular weight is 254 g/mol. The van der Waals surface area contributed by atoms with E-state index in [-0.39, 0.29) is 5.82 Å². The van der Waals surface area contributed by atoms with Crippen LogP contribution in [0.2, 0.25) is 0 Å². The van der Waals surface area contributed by atoms with E-state index in [0.717, 1.165) is 27.7 Å². The summed E-state index contributed by atoms with van der Waals surface area (Å²) in [6.45, 7) is 2.39. The molecular formula is C16H15FN2. The van der Waals surface area contributed by atoms with Gasteiger partial charge in [0.05, 0.1) is 0 Å². The zero-order valence-corrected chi connectivity index (χ0v) is 10.7. The lowest BCUT2D eigenvalue weighted by Crippen LogP contribution is -1.99. The Bertz CT molecular complexity index is 744. The van der Waals surface area contributed by atoms with Crippen LogP contribution in [0.15, 0.2) is 42.5 Å².